The number of aliphatic hydroxyl groups excluding tert-OH is 1. The quantitative estimate of drug-likeness (QED) is 0.781. The largest absolute Gasteiger partial charge is 0.389 e. The van der Waals surface area contributed by atoms with Gasteiger partial charge >= 0.3 is 0 Å². The standard InChI is InChI=1S/C16H25FN2O3/c1-12(18(2)10-15(20)11-22-4)16(21)19(3)9-13-6-5-7-14(17)8-13/h5-8,12,15,20H,9-11H2,1-4H3. The van der Waals surface area contributed by atoms with Crippen molar-refractivity contribution in [1.29, 1.82) is 0 Å². The Kier molecular flexibility index (Phi) is 7.44. The number of carbonyl (C=O) groups excluding carboxylic acids is 1. The third-order valence-corrected chi connectivity index (χ3v) is 3.56. The number of carbonyl (C=O) groups is 1. The van der Waals surface area contributed by atoms with E-state index in [1.165, 1.54) is 19.2 Å². The molecular formula is C16H25FN2O3. The third-order valence-electron chi connectivity index (χ3n) is 3.56. The van der Waals surface area contributed by atoms with E-state index in [-0.39, 0.29) is 24.4 Å². The van der Waals surface area contributed by atoms with E-state index < -0.39 is 6.10 Å². The van der Waals surface area contributed by atoms with Crippen LogP contribution in [-0.2, 0) is 16.1 Å². The van der Waals surface area contributed by atoms with E-state index in [4.69, 9.17) is 4.74 Å². The second-order valence-corrected chi connectivity index (χ2v) is 5.55. The highest BCUT2D eigenvalue weighted by atomic mass is 19.1. The van der Waals surface area contributed by atoms with Crippen molar-refractivity contribution in [1.82, 2.24) is 9.80 Å². The highest BCUT2D eigenvalue weighted by molar-refractivity contribution is 5.81. The Hall–Kier alpha value is -1.50. The highest BCUT2D eigenvalue weighted by Gasteiger charge is 2.23. The Labute approximate surface area is 131 Å². The molecule has 0 fully saturated rings. The first-order valence-corrected chi connectivity index (χ1v) is 7.21. The van der Waals surface area contributed by atoms with Crippen molar-refractivity contribution < 1.29 is 19.0 Å². The van der Waals surface area contributed by atoms with Gasteiger partial charge in [0.25, 0.3) is 0 Å². The van der Waals surface area contributed by atoms with E-state index >= 15 is 0 Å². The molecular weight excluding hydrogens is 287 g/mol. The van der Waals surface area contributed by atoms with Gasteiger partial charge in [-0.2, -0.15) is 0 Å². The fourth-order valence-corrected chi connectivity index (χ4v) is 2.23. The molecule has 0 aliphatic rings. The summed E-state index contributed by atoms with van der Waals surface area (Å²) in [5, 5.41) is 9.72. The molecule has 22 heavy (non-hydrogen) atoms. The van der Waals surface area contributed by atoms with Gasteiger partial charge in [-0.3, -0.25) is 9.69 Å². The van der Waals surface area contributed by atoms with Gasteiger partial charge in [0.2, 0.25) is 5.91 Å². The number of halogens is 1. The predicted molar refractivity (Wildman–Crippen MR) is 82.8 cm³/mol. The number of nitrogens with zero attached hydrogens (tertiary/aromatic N) is 2. The highest BCUT2D eigenvalue weighted by Crippen LogP contribution is 2.09. The van der Waals surface area contributed by atoms with Gasteiger partial charge in [-0.1, -0.05) is 12.1 Å². The number of hydrogen-bond donors (Lipinski definition) is 1. The molecule has 1 N–H and O–H groups in total. The SMILES string of the molecule is COCC(O)CN(C)C(C)C(=O)N(C)Cc1cccc(F)c1. The van der Waals surface area contributed by atoms with Crippen LogP contribution < -0.4 is 0 Å². The Morgan fingerprint density at radius 3 is 2.68 bits per heavy atom. The normalized spacial score (nSPS) is 14.0. The minimum atomic E-state index is -0.640. The molecule has 0 saturated carbocycles. The van der Waals surface area contributed by atoms with Gasteiger partial charge in [0.05, 0.1) is 18.8 Å². The zero-order valence-electron chi connectivity index (χ0n) is 13.6. The van der Waals surface area contributed by atoms with Crippen LogP contribution in [0.1, 0.15) is 12.5 Å². The van der Waals surface area contributed by atoms with E-state index in [0.717, 1.165) is 5.56 Å². The number of hydrogen-bond acceptors (Lipinski definition) is 4. The average Bonchev–Trinajstić information content (AvgIpc) is 2.45. The van der Waals surface area contributed by atoms with Crippen LogP contribution in [0.4, 0.5) is 4.39 Å². The smallest absolute Gasteiger partial charge is 0.239 e. The summed E-state index contributed by atoms with van der Waals surface area (Å²) in [5.41, 5.74) is 0.741. The lowest BCUT2D eigenvalue weighted by atomic mass is 10.2. The fourth-order valence-electron chi connectivity index (χ4n) is 2.23. The summed E-state index contributed by atoms with van der Waals surface area (Å²) in [6.07, 6.45) is -0.640. The Morgan fingerprint density at radius 1 is 1.41 bits per heavy atom. The molecule has 1 aromatic rings. The molecule has 1 amide bonds. The number of methoxy groups -OCH3 is 1. The second kappa shape index (κ2) is 8.82. The summed E-state index contributed by atoms with van der Waals surface area (Å²) in [7, 11) is 4.98. The number of amides is 1. The lowest BCUT2D eigenvalue weighted by Crippen LogP contribution is -2.46. The van der Waals surface area contributed by atoms with Crippen LogP contribution in [0.3, 0.4) is 0 Å². The molecule has 0 saturated heterocycles. The van der Waals surface area contributed by atoms with Crippen LogP contribution >= 0.6 is 0 Å². The number of benzene rings is 1. The maximum Gasteiger partial charge on any atom is 0.239 e. The molecule has 1 rings (SSSR count). The first-order chi connectivity index (χ1) is 10.3. The fraction of sp³-hybridized carbons (Fsp3) is 0.562. The van der Waals surface area contributed by atoms with Crippen molar-refractivity contribution in [2.75, 3.05) is 34.4 Å². The summed E-state index contributed by atoms with van der Waals surface area (Å²) >= 11 is 0. The van der Waals surface area contributed by atoms with E-state index in [1.807, 2.05) is 0 Å². The Morgan fingerprint density at radius 2 is 2.09 bits per heavy atom. The molecule has 0 aromatic heterocycles. The molecule has 0 bridgehead atoms. The van der Waals surface area contributed by atoms with Crippen molar-refractivity contribution in [3.8, 4) is 0 Å². The molecule has 0 aliphatic carbocycles. The molecule has 5 nitrogen and oxygen atoms in total. The molecule has 2 unspecified atom stereocenters. The lowest BCUT2D eigenvalue weighted by Gasteiger charge is -2.29. The predicted octanol–water partition coefficient (Wildman–Crippen LogP) is 1.11. The molecule has 0 heterocycles. The van der Waals surface area contributed by atoms with Crippen LogP contribution in [0.2, 0.25) is 0 Å². The third kappa shape index (κ3) is 5.71. The van der Waals surface area contributed by atoms with Crippen molar-refractivity contribution in [2.24, 2.45) is 0 Å². The summed E-state index contributed by atoms with van der Waals surface area (Å²) in [4.78, 5) is 15.7. The minimum Gasteiger partial charge on any atom is -0.389 e. The van der Waals surface area contributed by atoms with Gasteiger partial charge in [-0.25, -0.2) is 4.39 Å². The molecule has 0 radical (unpaired) electrons. The van der Waals surface area contributed by atoms with Crippen molar-refractivity contribution in [3.63, 3.8) is 0 Å². The van der Waals surface area contributed by atoms with Crippen LogP contribution in [0, 0.1) is 5.82 Å². The van der Waals surface area contributed by atoms with Gasteiger partial charge in [0.1, 0.15) is 5.82 Å². The minimum absolute atomic E-state index is 0.0867. The molecule has 6 heteroatoms. The Balaban J connectivity index is 2.57. The Bertz CT molecular complexity index is 484. The van der Waals surface area contributed by atoms with Crippen LogP contribution in [-0.4, -0.2) is 67.3 Å². The van der Waals surface area contributed by atoms with Gasteiger partial charge in [0, 0.05) is 27.2 Å². The molecule has 0 spiro atoms. The first kappa shape index (κ1) is 18.5. The van der Waals surface area contributed by atoms with Crippen molar-refractivity contribution in [2.45, 2.75) is 25.6 Å². The van der Waals surface area contributed by atoms with Gasteiger partial charge in [-0.15, -0.1) is 0 Å². The molecule has 1 aromatic carbocycles. The monoisotopic (exact) mass is 312 g/mol. The summed E-state index contributed by atoms with van der Waals surface area (Å²) in [5.74, 6) is -0.400. The number of likely N-dealkylation sites (N-methyl/N-ethyl adjacent to an activating group) is 2. The van der Waals surface area contributed by atoms with Gasteiger partial charge in [0.15, 0.2) is 0 Å². The van der Waals surface area contributed by atoms with Crippen LogP contribution in [0.25, 0.3) is 0 Å². The summed E-state index contributed by atoms with van der Waals surface area (Å²) in [6, 6.07) is 5.81. The average molecular weight is 312 g/mol. The van der Waals surface area contributed by atoms with Crippen LogP contribution in [0.15, 0.2) is 24.3 Å². The van der Waals surface area contributed by atoms with E-state index in [0.29, 0.717) is 13.1 Å². The van der Waals surface area contributed by atoms with Crippen molar-refractivity contribution >= 4 is 5.91 Å². The van der Waals surface area contributed by atoms with E-state index in [2.05, 4.69) is 0 Å². The van der Waals surface area contributed by atoms with Crippen LogP contribution in [0.5, 0.6) is 0 Å². The topological polar surface area (TPSA) is 53.0 Å². The van der Waals surface area contributed by atoms with E-state index in [9.17, 15) is 14.3 Å². The molecule has 2 atom stereocenters. The summed E-state index contributed by atoms with van der Waals surface area (Å²) in [6.45, 7) is 2.69. The van der Waals surface area contributed by atoms with Gasteiger partial charge < -0.3 is 14.7 Å². The second-order valence-electron chi connectivity index (χ2n) is 5.55. The first-order valence-electron chi connectivity index (χ1n) is 7.21. The maximum atomic E-state index is 13.2. The van der Waals surface area contributed by atoms with E-state index in [1.54, 1.807) is 43.0 Å². The molecule has 124 valence electrons. The van der Waals surface area contributed by atoms with Gasteiger partial charge in [-0.05, 0) is 31.7 Å². The zero-order chi connectivity index (χ0) is 16.7. The van der Waals surface area contributed by atoms with Crippen molar-refractivity contribution in [3.05, 3.63) is 35.6 Å². The lowest BCUT2D eigenvalue weighted by molar-refractivity contribution is -0.135. The molecule has 0 aliphatic heterocycles. The zero-order valence-corrected chi connectivity index (χ0v) is 13.6. The number of aliphatic hydroxyl groups is 1. The number of rotatable bonds is 8. The number of ether oxygens (including phenoxy) is 1. The maximum absolute atomic E-state index is 13.2. The summed E-state index contributed by atoms with van der Waals surface area (Å²) < 4.78 is 18.0.